The lowest BCUT2D eigenvalue weighted by Gasteiger charge is -1.97. The van der Waals surface area contributed by atoms with Crippen molar-refractivity contribution in [1.29, 1.82) is 0 Å². The molecule has 52 valence electrons. The Morgan fingerprint density at radius 3 is 3.30 bits per heavy atom. The maximum Gasteiger partial charge on any atom is 0.127 e. The lowest BCUT2D eigenvalue weighted by Crippen LogP contribution is -1.84. The SMILES string of the molecule is FC1CCc2ccncc21. The summed E-state index contributed by atoms with van der Waals surface area (Å²) in [5.74, 6) is 0. The zero-order valence-corrected chi connectivity index (χ0v) is 5.55. The van der Waals surface area contributed by atoms with Gasteiger partial charge >= 0.3 is 0 Å². The average Bonchev–Trinajstić information content (AvgIpc) is 2.34. The molecule has 1 atom stereocenters. The van der Waals surface area contributed by atoms with Gasteiger partial charge in [0.05, 0.1) is 0 Å². The Kier molecular flexibility index (Phi) is 1.19. The van der Waals surface area contributed by atoms with Crippen molar-refractivity contribution in [3.8, 4) is 0 Å². The highest BCUT2D eigenvalue weighted by Gasteiger charge is 2.20. The van der Waals surface area contributed by atoms with Gasteiger partial charge in [-0.05, 0) is 24.5 Å². The number of pyridine rings is 1. The number of nitrogens with zero attached hydrogens (tertiary/aromatic N) is 1. The molecule has 0 bridgehead atoms. The van der Waals surface area contributed by atoms with Crippen LogP contribution in [0.25, 0.3) is 0 Å². The second-order valence-corrected chi connectivity index (χ2v) is 2.58. The van der Waals surface area contributed by atoms with Crippen LogP contribution in [-0.4, -0.2) is 4.98 Å². The van der Waals surface area contributed by atoms with Gasteiger partial charge in [-0.1, -0.05) is 0 Å². The molecular formula is C8H8FN. The fourth-order valence-corrected chi connectivity index (χ4v) is 1.38. The number of aryl methyl sites for hydroxylation is 1. The van der Waals surface area contributed by atoms with Crippen LogP contribution in [0.15, 0.2) is 18.5 Å². The third-order valence-electron chi connectivity index (χ3n) is 1.95. The van der Waals surface area contributed by atoms with Gasteiger partial charge in [0.1, 0.15) is 6.17 Å². The Bertz CT molecular complexity index is 247. The smallest absolute Gasteiger partial charge is 0.127 e. The van der Waals surface area contributed by atoms with E-state index < -0.39 is 6.17 Å². The van der Waals surface area contributed by atoms with Gasteiger partial charge in [0.25, 0.3) is 0 Å². The minimum atomic E-state index is -0.760. The molecule has 0 spiro atoms. The zero-order chi connectivity index (χ0) is 6.97. The molecule has 2 rings (SSSR count). The van der Waals surface area contributed by atoms with Crippen LogP contribution in [0.4, 0.5) is 4.39 Å². The van der Waals surface area contributed by atoms with Crippen LogP contribution >= 0.6 is 0 Å². The predicted molar refractivity (Wildman–Crippen MR) is 36.4 cm³/mol. The number of fused-ring (bicyclic) bond motifs is 1. The summed E-state index contributed by atoms with van der Waals surface area (Å²) < 4.78 is 12.9. The standard InChI is InChI=1S/C8H8FN/c9-8-2-1-6-3-4-10-5-7(6)8/h3-5,8H,1-2H2. The summed E-state index contributed by atoms with van der Waals surface area (Å²) in [6.07, 6.45) is 4.10. The highest BCUT2D eigenvalue weighted by molar-refractivity contribution is 5.29. The van der Waals surface area contributed by atoms with Gasteiger partial charge in [-0.2, -0.15) is 0 Å². The van der Waals surface area contributed by atoms with E-state index in [0.29, 0.717) is 6.42 Å². The van der Waals surface area contributed by atoms with Crippen LogP contribution in [0.3, 0.4) is 0 Å². The van der Waals surface area contributed by atoms with Gasteiger partial charge in [0.2, 0.25) is 0 Å². The molecule has 1 nitrogen and oxygen atoms in total. The molecule has 10 heavy (non-hydrogen) atoms. The molecule has 0 saturated heterocycles. The van der Waals surface area contributed by atoms with Crippen LogP contribution < -0.4 is 0 Å². The third kappa shape index (κ3) is 0.719. The minimum absolute atomic E-state index is 0.640. The first-order valence-electron chi connectivity index (χ1n) is 3.45. The molecule has 0 saturated carbocycles. The molecule has 0 aliphatic heterocycles. The van der Waals surface area contributed by atoms with E-state index in [4.69, 9.17) is 0 Å². The topological polar surface area (TPSA) is 12.9 Å². The lowest BCUT2D eigenvalue weighted by atomic mass is 10.2. The van der Waals surface area contributed by atoms with E-state index in [-0.39, 0.29) is 0 Å². The van der Waals surface area contributed by atoms with Gasteiger partial charge in [-0.15, -0.1) is 0 Å². The van der Waals surface area contributed by atoms with Crippen molar-refractivity contribution in [2.45, 2.75) is 19.0 Å². The second-order valence-electron chi connectivity index (χ2n) is 2.58. The molecule has 0 N–H and O–H groups in total. The molecule has 1 aromatic rings. The number of halogens is 1. The molecule has 1 heterocycles. The van der Waals surface area contributed by atoms with Gasteiger partial charge in [-0.25, -0.2) is 4.39 Å². The van der Waals surface area contributed by atoms with E-state index in [9.17, 15) is 4.39 Å². The Labute approximate surface area is 58.9 Å². The average molecular weight is 137 g/mol. The summed E-state index contributed by atoms with van der Waals surface area (Å²) in [5, 5.41) is 0. The summed E-state index contributed by atoms with van der Waals surface area (Å²) in [6, 6.07) is 1.90. The summed E-state index contributed by atoms with van der Waals surface area (Å²) in [7, 11) is 0. The van der Waals surface area contributed by atoms with Crippen molar-refractivity contribution >= 4 is 0 Å². The number of hydrogen-bond acceptors (Lipinski definition) is 1. The largest absolute Gasteiger partial charge is 0.264 e. The Hall–Kier alpha value is -0.920. The monoisotopic (exact) mass is 137 g/mol. The summed E-state index contributed by atoms with van der Waals surface area (Å²) in [5.41, 5.74) is 1.92. The van der Waals surface area contributed by atoms with Crippen molar-refractivity contribution in [3.05, 3.63) is 29.6 Å². The van der Waals surface area contributed by atoms with Crippen molar-refractivity contribution in [2.24, 2.45) is 0 Å². The molecular weight excluding hydrogens is 129 g/mol. The number of alkyl halides is 1. The van der Waals surface area contributed by atoms with E-state index in [1.165, 1.54) is 0 Å². The minimum Gasteiger partial charge on any atom is -0.264 e. The highest BCUT2D eigenvalue weighted by atomic mass is 19.1. The lowest BCUT2D eigenvalue weighted by molar-refractivity contribution is 0.343. The van der Waals surface area contributed by atoms with Crippen LogP contribution in [0.2, 0.25) is 0 Å². The van der Waals surface area contributed by atoms with Gasteiger partial charge < -0.3 is 0 Å². The van der Waals surface area contributed by atoms with Crippen molar-refractivity contribution in [1.82, 2.24) is 4.98 Å². The van der Waals surface area contributed by atoms with Crippen molar-refractivity contribution in [3.63, 3.8) is 0 Å². The Morgan fingerprint density at radius 1 is 1.60 bits per heavy atom. The number of rotatable bonds is 0. The fourth-order valence-electron chi connectivity index (χ4n) is 1.38. The number of aromatic nitrogens is 1. The van der Waals surface area contributed by atoms with Crippen molar-refractivity contribution in [2.75, 3.05) is 0 Å². The molecule has 1 unspecified atom stereocenters. The van der Waals surface area contributed by atoms with E-state index in [1.54, 1.807) is 12.4 Å². The van der Waals surface area contributed by atoms with E-state index in [1.807, 2.05) is 6.07 Å². The second kappa shape index (κ2) is 2.04. The quantitative estimate of drug-likeness (QED) is 0.533. The van der Waals surface area contributed by atoms with Crippen LogP contribution in [0.5, 0.6) is 0 Å². The molecule has 0 amide bonds. The first-order valence-corrected chi connectivity index (χ1v) is 3.45. The van der Waals surface area contributed by atoms with Crippen LogP contribution in [0, 0.1) is 0 Å². The summed E-state index contributed by atoms with van der Waals surface area (Å²) in [4.78, 5) is 3.87. The van der Waals surface area contributed by atoms with Gasteiger partial charge in [0, 0.05) is 18.0 Å². The van der Waals surface area contributed by atoms with Crippen LogP contribution in [-0.2, 0) is 6.42 Å². The van der Waals surface area contributed by atoms with Crippen LogP contribution in [0.1, 0.15) is 23.7 Å². The van der Waals surface area contributed by atoms with E-state index in [0.717, 1.165) is 17.5 Å². The Morgan fingerprint density at radius 2 is 2.50 bits per heavy atom. The molecule has 1 aromatic heterocycles. The molecule has 0 fully saturated rings. The van der Waals surface area contributed by atoms with E-state index >= 15 is 0 Å². The first-order chi connectivity index (χ1) is 4.88. The number of hydrogen-bond donors (Lipinski definition) is 0. The Balaban J connectivity index is 2.51. The highest BCUT2D eigenvalue weighted by Crippen LogP contribution is 2.32. The maximum atomic E-state index is 12.9. The molecule has 0 aromatic carbocycles. The zero-order valence-electron chi connectivity index (χ0n) is 5.55. The van der Waals surface area contributed by atoms with Crippen molar-refractivity contribution < 1.29 is 4.39 Å². The van der Waals surface area contributed by atoms with Gasteiger partial charge in [0.15, 0.2) is 0 Å². The van der Waals surface area contributed by atoms with E-state index in [2.05, 4.69) is 4.98 Å². The first kappa shape index (κ1) is 5.83. The molecule has 2 heteroatoms. The normalized spacial score (nSPS) is 22.7. The molecule has 0 radical (unpaired) electrons. The fraction of sp³-hybridized carbons (Fsp3) is 0.375. The third-order valence-corrected chi connectivity index (χ3v) is 1.95. The van der Waals surface area contributed by atoms with Gasteiger partial charge in [-0.3, -0.25) is 4.98 Å². The predicted octanol–water partition coefficient (Wildman–Crippen LogP) is 2.04. The summed E-state index contributed by atoms with van der Waals surface area (Å²) in [6.45, 7) is 0. The molecule has 1 aliphatic rings. The molecule has 1 aliphatic carbocycles. The summed E-state index contributed by atoms with van der Waals surface area (Å²) >= 11 is 0. The maximum absolute atomic E-state index is 12.9.